The molecule has 0 saturated carbocycles. The topological polar surface area (TPSA) is 62.6 Å². The van der Waals surface area contributed by atoms with Crippen molar-refractivity contribution in [2.75, 3.05) is 37.0 Å². The molecule has 3 rings (SSSR count). The summed E-state index contributed by atoms with van der Waals surface area (Å²) in [6, 6.07) is 7.70. The highest BCUT2D eigenvalue weighted by atomic mass is 79.9. The molecule has 0 aliphatic carbocycles. The predicted molar refractivity (Wildman–Crippen MR) is 119 cm³/mol. The van der Waals surface area contributed by atoms with Crippen LogP contribution >= 0.6 is 27.5 Å². The highest BCUT2D eigenvalue weighted by Gasteiger charge is 2.19. The van der Waals surface area contributed by atoms with Crippen LogP contribution in [0.2, 0.25) is 5.02 Å². The van der Waals surface area contributed by atoms with Crippen LogP contribution in [0.3, 0.4) is 0 Å². The van der Waals surface area contributed by atoms with Crippen LogP contribution in [0.4, 0.5) is 17.3 Å². The Bertz CT molecular complexity index is 1010. The van der Waals surface area contributed by atoms with Crippen molar-refractivity contribution in [3.05, 3.63) is 39.3 Å². The molecule has 0 atom stereocenters. The second-order valence-electron chi connectivity index (χ2n) is 6.49. The number of nitrogens with one attached hydrogen (secondary N) is 1. The van der Waals surface area contributed by atoms with Gasteiger partial charge in [0, 0.05) is 35.7 Å². The minimum atomic E-state index is 0.0928. The molecule has 0 radical (unpaired) electrons. The molecule has 0 amide bonds. The van der Waals surface area contributed by atoms with E-state index in [9.17, 15) is 5.11 Å². The Morgan fingerprint density at radius 2 is 2.11 bits per heavy atom. The monoisotopic (exact) mass is 466 g/mol. The standard InChI is InChI=1S/C20H24BrClN4O2/c1-5-26(8-9-27)15-7-6-14(21)18-19(15)25(3)20(24-18)23-17-12(2)10-13(22)11-16(17)28-4/h6-7,10-11,27H,5,8-9H2,1-4H3,(H,23,24). The molecule has 2 aromatic carbocycles. The zero-order valence-electron chi connectivity index (χ0n) is 16.4. The molecule has 0 bridgehead atoms. The van der Waals surface area contributed by atoms with Gasteiger partial charge in [0.2, 0.25) is 5.95 Å². The van der Waals surface area contributed by atoms with E-state index in [0.29, 0.717) is 23.3 Å². The molecule has 0 spiro atoms. The summed E-state index contributed by atoms with van der Waals surface area (Å²) in [6.07, 6.45) is 0. The number of nitrogens with zero attached hydrogens (tertiary/aromatic N) is 3. The van der Waals surface area contributed by atoms with Gasteiger partial charge in [-0.15, -0.1) is 0 Å². The summed E-state index contributed by atoms with van der Waals surface area (Å²) in [5.41, 5.74) is 4.65. The van der Waals surface area contributed by atoms with Crippen LogP contribution < -0.4 is 15.0 Å². The maximum atomic E-state index is 9.43. The Balaban J connectivity index is 2.15. The number of aryl methyl sites for hydroxylation is 2. The highest BCUT2D eigenvalue weighted by molar-refractivity contribution is 9.10. The SMILES string of the molecule is CCN(CCO)c1ccc(Br)c2nc(Nc3c(C)cc(Cl)cc3OC)n(C)c12. The number of hydrogen-bond acceptors (Lipinski definition) is 5. The number of likely N-dealkylation sites (N-methyl/N-ethyl adjacent to an activating group) is 1. The molecule has 0 saturated heterocycles. The minimum Gasteiger partial charge on any atom is -0.495 e. The van der Waals surface area contributed by atoms with Crippen molar-refractivity contribution in [2.45, 2.75) is 13.8 Å². The number of aliphatic hydroxyl groups excluding tert-OH is 1. The van der Waals surface area contributed by atoms with Gasteiger partial charge >= 0.3 is 0 Å². The third kappa shape index (κ3) is 3.79. The normalized spacial score (nSPS) is 11.1. The van der Waals surface area contributed by atoms with Gasteiger partial charge in [-0.1, -0.05) is 11.6 Å². The van der Waals surface area contributed by atoms with E-state index in [0.717, 1.165) is 39.0 Å². The number of methoxy groups -OCH3 is 1. The summed E-state index contributed by atoms with van der Waals surface area (Å²) in [4.78, 5) is 6.94. The van der Waals surface area contributed by atoms with E-state index in [2.05, 4.69) is 33.1 Å². The Morgan fingerprint density at radius 3 is 2.75 bits per heavy atom. The predicted octanol–water partition coefficient (Wildman–Crippen LogP) is 4.87. The van der Waals surface area contributed by atoms with Crippen molar-refractivity contribution < 1.29 is 9.84 Å². The largest absolute Gasteiger partial charge is 0.495 e. The van der Waals surface area contributed by atoms with Gasteiger partial charge in [-0.3, -0.25) is 0 Å². The lowest BCUT2D eigenvalue weighted by molar-refractivity contribution is 0.302. The van der Waals surface area contributed by atoms with E-state index < -0.39 is 0 Å². The molecular weight excluding hydrogens is 444 g/mol. The van der Waals surface area contributed by atoms with Crippen LogP contribution in [0.25, 0.3) is 11.0 Å². The molecule has 2 N–H and O–H groups in total. The Kier molecular flexibility index (Phi) is 6.37. The van der Waals surface area contributed by atoms with Crippen molar-refractivity contribution in [1.82, 2.24) is 9.55 Å². The molecule has 3 aromatic rings. The van der Waals surface area contributed by atoms with Gasteiger partial charge in [-0.2, -0.15) is 0 Å². The van der Waals surface area contributed by atoms with E-state index in [1.165, 1.54) is 0 Å². The Hall–Kier alpha value is -1.96. The van der Waals surface area contributed by atoms with Gasteiger partial charge in [0.25, 0.3) is 0 Å². The van der Waals surface area contributed by atoms with Crippen molar-refractivity contribution in [3.8, 4) is 5.75 Å². The first-order valence-corrected chi connectivity index (χ1v) is 10.2. The Labute approximate surface area is 178 Å². The summed E-state index contributed by atoms with van der Waals surface area (Å²) >= 11 is 9.77. The molecule has 8 heteroatoms. The van der Waals surface area contributed by atoms with Crippen molar-refractivity contribution >= 4 is 55.9 Å². The van der Waals surface area contributed by atoms with Gasteiger partial charge in [0.1, 0.15) is 11.3 Å². The summed E-state index contributed by atoms with van der Waals surface area (Å²) in [5, 5.41) is 13.4. The summed E-state index contributed by atoms with van der Waals surface area (Å²) in [5.74, 6) is 1.35. The minimum absolute atomic E-state index is 0.0928. The zero-order valence-corrected chi connectivity index (χ0v) is 18.7. The number of anilines is 3. The van der Waals surface area contributed by atoms with E-state index in [1.54, 1.807) is 13.2 Å². The summed E-state index contributed by atoms with van der Waals surface area (Å²) in [6.45, 7) is 5.48. The van der Waals surface area contributed by atoms with Crippen LogP contribution in [0, 0.1) is 6.92 Å². The first-order chi connectivity index (χ1) is 13.4. The smallest absolute Gasteiger partial charge is 0.208 e. The second kappa shape index (κ2) is 8.59. The molecule has 0 aliphatic heterocycles. The van der Waals surface area contributed by atoms with Crippen LogP contribution in [0.15, 0.2) is 28.7 Å². The van der Waals surface area contributed by atoms with Crippen LogP contribution in [-0.4, -0.2) is 41.5 Å². The van der Waals surface area contributed by atoms with Gasteiger partial charge < -0.3 is 24.6 Å². The number of halogens is 2. The Morgan fingerprint density at radius 1 is 1.36 bits per heavy atom. The van der Waals surface area contributed by atoms with Gasteiger partial charge in [-0.05, 0) is 53.5 Å². The molecule has 1 heterocycles. The van der Waals surface area contributed by atoms with Gasteiger partial charge in [0.05, 0.1) is 30.6 Å². The summed E-state index contributed by atoms with van der Waals surface area (Å²) < 4.78 is 8.43. The van der Waals surface area contributed by atoms with Gasteiger partial charge in [-0.25, -0.2) is 4.98 Å². The number of ether oxygens (including phenoxy) is 1. The lowest BCUT2D eigenvalue weighted by Gasteiger charge is -2.23. The quantitative estimate of drug-likeness (QED) is 0.519. The molecule has 0 aliphatic rings. The number of aromatic nitrogens is 2. The van der Waals surface area contributed by atoms with Crippen LogP contribution in [0.5, 0.6) is 5.75 Å². The molecule has 1 aromatic heterocycles. The van der Waals surface area contributed by atoms with Crippen molar-refractivity contribution in [1.29, 1.82) is 0 Å². The molecule has 0 fully saturated rings. The third-order valence-electron chi connectivity index (χ3n) is 4.76. The van der Waals surface area contributed by atoms with Crippen molar-refractivity contribution in [2.24, 2.45) is 7.05 Å². The number of aliphatic hydroxyl groups is 1. The maximum absolute atomic E-state index is 9.43. The number of fused-ring (bicyclic) bond motifs is 1. The van der Waals surface area contributed by atoms with Gasteiger partial charge in [0.15, 0.2) is 0 Å². The fraction of sp³-hybridized carbons (Fsp3) is 0.350. The lowest BCUT2D eigenvalue weighted by Crippen LogP contribution is -2.26. The number of rotatable bonds is 7. The molecule has 150 valence electrons. The number of imidazole rings is 1. The first kappa shape index (κ1) is 20.8. The fourth-order valence-corrected chi connectivity index (χ4v) is 4.02. The third-order valence-corrected chi connectivity index (χ3v) is 5.62. The summed E-state index contributed by atoms with van der Waals surface area (Å²) in [7, 11) is 3.59. The molecule has 0 unspecified atom stereocenters. The fourth-order valence-electron chi connectivity index (χ4n) is 3.35. The first-order valence-electron chi connectivity index (χ1n) is 9.03. The molecular formula is C20H24BrClN4O2. The van der Waals surface area contributed by atoms with E-state index >= 15 is 0 Å². The van der Waals surface area contributed by atoms with Crippen LogP contribution in [-0.2, 0) is 7.05 Å². The van der Waals surface area contributed by atoms with E-state index in [1.807, 2.05) is 36.7 Å². The number of benzene rings is 2. The van der Waals surface area contributed by atoms with E-state index in [4.69, 9.17) is 21.3 Å². The average Bonchev–Trinajstić information content (AvgIpc) is 3.00. The molecule has 6 nitrogen and oxygen atoms in total. The maximum Gasteiger partial charge on any atom is 0.208 e. The number of hydrogen-bond donors (Lipinski definition) is 2. The molecule has 28 heavy (non-hydrogen) atoms. The average molecular weight is 468 g/mol. The zero-order chi connectivity index (χ0) is 20.4. The van der Waals surface area contributed by atoms with Crippen molar-refractivity contribution in [3.63, 3.8) is 0 Å². The van der Waals surface area contributed by atoms with Crippen LogP contribution in [0.1, 0.15) is 12.5 Å². The lowest BCUT2D eigenvalue weighted by atomic mass is 10.2. The second-order valence-corrected chi connectivity index (χ2v) is 7.78. The highest BCUT2D eigenvalue weighted by Crippen LogP contribution is 2.37. The van der Waals surface area contributed by atoms with E-state index in [-0.39, 0.29) is 6.61 Å².